The fourth-order valence-corrected chi connectivity index (χ4v) is 4.59. The van der Waals surface area contributed by atoms with Gasteiger partial charge in [-0.05, 0) is 66.9 Å². The van der Waals surface area contributed by atoms with E-state index >= 15 is 0 Å². The number of nitrogens with zero attached hydrogens (tertiary/aromatic N) is 1. The van der Waals surface area contributed by atoms with Gasteiger partial charge in [0.1, 0.15) is 18.4 Å². The Labute approximate surface area is 266 Å². The highest BCUT2D eigenvalue weighted by Crippen LogP contribution is 2.29. The minimum absolute atomic E-state index is 0.239. The Kier molecular flexibility index (Phi) is 11.6. The molecule has 0 aromatic heterocycles. The Balaban J connectivity index is 1.40. The van der Waals surface area contributed by atoms with Crippen LogP contribution in [0, 0.1) is 6.92 Å². The highest BCUT2D eigenvalue weighted by Gasteiger charge is 2.25. The van der Waals surface area contributed by atoms with Crippen molar-refractivity contribution in [2.24, 2.45) is 5.10 Å². The molecule has 0 bridgehead atoms. The van der Waals surface area contributed by atoms with Gasteiger partial charge in [0.15, 0.2) is 17.6 Å². The highest BCUT2D eigenvalue weighted by molar-refractivity contribution is 6.35. The van der Waals surface area contributed by atoms with Crippen LogP contribution in [-0.4, -0.2) is 37.3 Å². The maximum Gasteiger partial charge on any atom is 0.262 e. The number of nitrogens with one attached hydrogen (secondary N) is 2. The van der Waals surface area contributed by atoms with Crippen molar-refractivity contribution < 1.29 is 23.8 Å². The lowest BCUT2D eigenvalue weighted by Gasteiger charge is -2.21. The molecule has 0 saturated heterocycles. The van der Waals surface area contributed by atoms with Crippen molar-refractivity contribution in [2.75, 3.05) is 7.11 Å². The number of ether oxygens (including phenoxy) is 3. The monoisotopic (exact) mass is 633 g/mol. The number of hydrogen-bond donors (Lipinski definition) is 2. The Morgan fingerprint density at radius 1 is 0.864 bits per heavy atom. The van der Waals surface area contributed by atoms with Crippen molar-refractivity contribution in [3.8, 4) is 17.2 Å². The summed E-state index contributed by atoms with van der Waals surface area (Å²) < 4.78 is 17.2. The number of amides is 2. The number of hydrogen-bond acceptors (Lipinski definition) is 6. The van der Waals surface area contributed by atoms with Crippen LogP contribution in [0.5, 0.6) is 17.2 Å². The van der Waals surface area contributed by atoms with Crippen LogP contribution in [0.15, 0.2) is 96.1 Å². The van der Waals surface area contributed by atoms with E-state index in [1.54, 1.807) is 44.4 Å². The first kappa shape index (κ1) is 32.4. The molecule has 0 aliphatic carbocycles. The number of halogens is 2. The zero-order chi connectivity index (χ0) is 31.5. The Morgan fingerprint density at radius 2 is 1.59 bits per heavy atom. The number of methoxy groups -OCH3 is 1. The maximum absolute atomic E-state index is 13.2. The summed E-state index contributed by atoms with van der Waals surface area (Å²) in [5.41, 5.74) is 6.29. The largest absolute Gasteiger partial charge is 0.493 e. The molecule has 2 N–H and O–H groups in total. The summed E-state index contributed by atoms with van der Waals surface area (Å²) >= 11 is 12.1. The summed E-state index contributed by atoms with van der Waals surface area (Å²) in [4.78, 5) is 26.2. The minimum Gasteiger partial charge on any atom is -0.493 e. The van der Waals surface area contributed by atoms with Gasteiger partial charge in [0.25, 0.3) is 11.8 Å². The number of aryl methyl sites for hydroxylation is 1. The van der Waals surface area contributed by atoms with Gasteiger partial charge in [0.2, 0.25) is 0 Å². The number of carbonyl (C=O) groups excluding carboxylic acids is 2. The van der Waals surface area contributed by atoms with Gasteiger partial charge in [0, 0.05) is 11.4 Å². The van der Waals surface area contributed by atoms with Crippen molar-refractivity contribution in [1.29, 1.82) is 0 Å². The first-order valence-corrected chi connectivity index (χ1v) is 14.6. The molecule has 0 saturated carbocycles. The smallest absolute Gasteiger partial charge is 0.262 e. The highest BCUT2D eigenvalue weighted by atomic mass is 35.5. The topological polar surface area (TPSA) is 98.2 Å². The molecule has 0 unspecified atom stereocenters. The number of carbonyl (C=O) groups is 2. The molecule has 10 heteroatoms. The summed E-state index contributed by atoms with van der Waals surface area (Å²) in [7, 11) is 1.55. The number of benzene rings is 4. The molecule has 8 nitrogen and oxygen atoms in total. The third-order valence-corrected chi connectivity index (χ3v) is 7.10. The zero-order valence-corrected chi connectivity index (χ0v) is 26.1. The van der Waals surface area contributed by atoms with Crippen molar-refractivity contribution in [1.82, 2.24) is 10.7 Å². The van der Waals surface area contributed by atoms with E-state index in [-0.39, 0.29) is 11.4 Å². The molecule has 0 fully saturated rings. The van der Waals surface area contributed by atoms with Crippen LogP contribution in [0.1, 0.15) is 29.2 Å². The molecule has 0 aliphatic heterocycles. The molecule has 2 amide bonds. The van der Waals surface area contributed by atoms with E-state index in [4.69, 9.17) is 37.4 Å². The first-order chi connectivity index (χ1) is 21.2. The molecule has 0 radical (unpaired) electrons. The molecule has 0 spiro atoms. The van der Waals surface area contributed by atoms with Gasteiger partial charge < -0.3 is 19.5 Å². The molecule has 228 valence electrons. The van der Waals surface area contributed by atoms with E-state index in [1.807, 2.05) is 61.5 Å². The van der Waals surface area contributed by atoms with E-state index in [2.05, 4.69) is 15.8 Å². The number of rotatable bonds is 13. The van der Waals surface area contributed by atoms with Crippen LogP contribution < -0.4 is 25.0 Å². The summed E-state index contributed by atoms with van der Waals surface area (Å²) in [5.74, 6) is 0.407. The van der Waals surface area contributed by atoms with Gasteiger partial charge >= 0.3 is 0 Å². The van der Waals surface area contributed by atoms with Crippen LogP contribution in [0.3, 0.4) is 0 Å². The molecule has 4 aromatic carbocycles. The van der Waals surface area contributed by atoms with Crippen LogP contribution >= 0.6 is 23.2 Å². The molecule has 4 aromatic rings. The van der Waals surface area contributed by atoms with Crippen molar-refractivity contribution >= 4 is 41.2 Å². The molecule has 44 heavy (non-hydrogen) atoms. The minimum atomic E-state index is -0.942. The van der Waals surface area contributed by atoms with Gasteiger partial charge in [-0.3, -0.25) is 9.59 Å². The first-order valence-electron chi connectivity index (χ1n) is 13.9. The summed E-state index contributed by atoms with van der Waals surface area (Å²) in [5, 5.41) is 7.60. The molecule has 0 aliphatic rings. The molecular formula is C34H33Cl2N3O5. The lowest BCUT2D eigenvalue weighted by Crippen LogP contribution is -2.50. The lowest BCUT2D eigenvalue weighted by atomic mass is 10.1. The van der Waals surface area contributed by atoms with Crippen LogP contribution in [-0.2, 0) is 22.6 Å². The molecule has 4 rings (SSSR count). The molecular weight excluding hydrogens is 601 g/mol. The summed E-state index contributed by atoms with van der Waals surface area (Å²) in [6.07, 6.45) is 0.783. The Hall–Kier alpha value is -4.53. The average molecular weight is 635 g/mol. The van der Waals surface area contributed by atoms with E-state index in [9.17, 15) is 9.59 Å². The quantitative estimate of drug-likeness (QED) is 0.129. The van der Waals surface area contributed by atoms with Crippen molar-refractivity contribution in [3.63, 3.8) is 0 Å². The normalized spacial score (nSPS) is 12.3. The standard InChI is InChI=1S/C34H33Cl2N3O5/c1-22-9-11-25(12-10-22)21-43-31-15-13-26(18-32(31)42-3)20-37-39-34(41)29(17-24-7-5-4-6-8-24)38-33(40)23(2)44-30-16-14-27(35)19-28(30)36/h4-16,18-20,23,29H,17,21H2,1-3H3,(H,38,40)(H,39,41)/b37-20-/t23-,29-/m0/s1. The fraction of sp³-hybridized carbons (Fsp3) is 0.206. The predicted octanol–water partition coefficient (Wildman–Crippen LogP) is 6.53. The molecule has 2 atom stereocenters. The van der Waals surface area contributed by atoms with Gasteiger partial charge in [-0.15, -0.1) is 0 Å². The third kappa shape index (κ3) is 9.49. The van der Waals surface area contributed by atoms with Gasteiger partial charge in [-0.1, -0.05) is 83.4 Å². The second-order valence-corrected chi connectivity index (χ2v) is 10.8. The van der Waals surface area contributed by atoms with Gasteiger partial charge in [0.05, 0.1) is 18.3 Å². The van der Waals surface area contributed by atoms with E-state index < -0.39 is 24.0 Å². The van der Waals surface area contributed by atoms with E-state index in [0.717, 1.165) is 11.1 Å². The fourth-order valence-electron chi connectivity index (χ4n) is 4.14. The third-order valence-electron chi connectivity index (χ3n) is 6.57. The van der Waals surface area contributed by atoms with Crippen LogP contribution in [0.25, 0.3) is 0 Å². The Bertz CT molecular complexity index is 1600. The number of hydrazone groups is 1. The second-order valence-electron chi connectivity index (χ2n) is 10.0. The van der Waals surface area contributed by atoms with Gasteiger partial charge in [-0.25, -0.2) is 5.43 Å². The van der Waals surface area contributed by atoms with Gasteiger partial charge in [-0.2, -0.15) is 5.10 Å². The zero-order valence-electron chi connectivity index (χ0n) is 24.6. The Morgan fingerprint density at radius 3 is 2.30 bits per heavy atom. The van der Waals surface area contributed by atoms with E-state index in [0.29, 0.717) is 34.4 Å². The SMILES string of the molecule is COc1cc(/C=N\NC(=O)[C@H](Cc2ccccc2)NC(=O)[C@H](C)Oc2ccc(Cl)cc2Cl)ccc1OCc1ccc(C)cc1. The van der Waals surface area contributed by atoms with E-state index in [1.165, 1.54) is 17.8 Å². The predicted molar refractivity (Wildman–Crippen MR) is 173 cm³/mol. The average Bonchev–Trinajstić information content (AvgIpc) is 3.02. The second kappa shape index (κ2) is 15.8. The van der Waals surface area contributed by atoms with Crippen molar-refractivity contribution in [3.05, 3.63) is 123 Å². The van der Waals surface area contributed by atoms with Crippen LogP contribution in [0.4, 0.5) is 0 Å². The van der Waals surface area contributed by atoms with Crippen molar-refractivity contribution in [2.45, 2.75) is 39.0 Å². The summed E-state index contributed by atoms with van der Waals surface area (Å²) in [6.45, 7) is 3.99. The summed E-state index contributed by atoms with van der Waals surface area (Å²) in [6, 6.07) is 26.6. The molecule has 0 heterocycles. The van der Waals surface area contributed by atoms with Crippen LogP contribution in [0.2, 0.25) is 10.0 Å². The maximum atomic E-state index is 13.2. The lowest BCUT2D eigenvalue weighted by molar-refractivity contribution is -0.132.